The Labute approximate surface area is 194 Å². The highest BCUT2D eigenvalue weighted by atomic mass is 79.9. The smallest absolute Gasteiger partial charge is 0.250 e. The molecule has 1 aliphatic heterocycles. The van der Waals surface area contributed by atoms with Crippen molar-refractivity contribution in [1.29, 1.82) is 0 Å². The summed E-state index contributed by atoms with van der Waals surface area (Å²) in [6.45, 7) is 2.28. The quantitative estimate of drug-likeness (QED) is 0.550. The van der Waals surface area contributed by atoms with Gasteiger partial charge >= 0.3 is 0 Å². The Bertz CT molecular complexity index is 1230. The van der Waals surface area contributed by atoms with E-state index in [0.29, 0.717) is 22.8 Å². The van der Waals surface area contributed by atoms with Gasteiger partial charge in [-0.05, 0) is 53.2 Å². The lowest BCUT2D eigenvalue weighted by molar-refractivity contribution is -0.128. The second-order valence-corrected chi connectivity index (χ2v) is 9.09. The molecule has 1 saturated heterocycles. The van der Waals surface area contributed by atoms with E-state index in [1.165, 1.54) is 0 Å². The maximum Gasteiger partial charge on any atom is 0.250 e. The summed E-state index contributed by atoms with van der Waals surface area (Å²) in [5, 5.41) is 18.3. The molecule has 2 aromatic heterocycles. The summed E-state index contributed by atoms with van der Waals surface area (Å²) >= 11 is 3.52. The zero-order valence-corrected chi connectivity index (χ0v) is 19.1. The zero-order chi connectivity index (χ0) is 22.1. The number of hydrogen-bond donors (Lipinski definition) is 2. The molecule has 32 heavy (non-hydrogen) atoms. The van der Waals surface area contributed by atoms with Crippen molar-refractivity contribution in [2.75, 3.05) is 25.0 Å². The molecule has 5 rings (SSSR count). The molecule has 3 heterocycles. The zero-order valence-electron chi connectivity index (χ0n) is 17.5. The van der Waals surface area contributed by atoms with Crippen LogP contribution in [0.3, 0.4) is 0 Å². The third-order valence-electron chi connectivity index (χ3n) is 6.03. The summed E-state index contributed by atoms with van der Waals surface area (Å²) < 4.78 is 2.54. The Hall–Kier alpha value is -3.13. The molecule has 2 N–H and O–H groups in total. The number of nitrogens with one attached hydrogen (secondary N) is 1. The van der Waals surface area contributed by atoms with Crippen molar-refractivity contribution in [2.45, 2.75) is 19.3 Å². The summed E-state index contributed by atoms with van der Waals surface area (Å²) in [5.74, 6) is 1.48. The van der Waals surface area contributed by atoms with E-state index in [2.05, 4.69) is 31.3 Å². The molecular formula is C24H24BrN5O2. The first-order valence-electron chi connectivity index (χ1n) is 10.8. The van der Waals surface area contributed by atoms with Gasteiger partial charge in [-0.3, -0.25) is 4.79 Å². The van der Waals surface area contributed by atoms with Gasteiger partial charge in [0.2, 0.25) is 5.91 Å². The number of rotatable bonds is 5. The van der Waals surface area contributed by atoms with E-state index in [9.17, 15) is 9.90 Å². The number of nitrogens with zero attached hydrogens (tertiary/aromatic N) is 4. The fourth-order valence-corrected chi connectivity index (χ4v) is 4.71. The minimum Gasteiger partial charge on any atom is -0.507 e. The number of hydrogen-bond acceptors (Lipinski definition) is 5. The van der Waals surface area contributed by atoms with Crippen LogP contribution in [0.1, 0.15) is 19.3 Å². The molecule has 1 aliphatic carbocycles. The van der Waals surface area contributed by atoms with Crippen molar-refractivity contribution in [3.63, 3.8) is 0 Å². The van der Waals surface area contributed by atoms with E-state index < -0.39 is 0 Å². The Balaban J connectivity index is 1.36. The Morgan fingerprint density at radius 3 is 3.00 bits per heavy atom. The Morgan fingerprint density at radius 1 is 1.31 bits per heavy atom. The van der Waals surface area contributed by atoms with Crippen LogP contribution in [0.4, 0.5) is 5.82 Å². The van der Waals surface area contributed by atoms with Gasteiger partial charge in [-0.1, -0.05) is 30.4 Å². The second-order valence-electron chi connectivity index (χ2n) is 8.24. The van der Waals surface area contributed by atoms with Gasteiger partial charge in [-0.2, -0.15) is 9.61 Å². The number of piperidine rings is 1. The minimum atomic E-state index is 0.156. The van der Waals surface area contributed by atoms with E-state index in [4.69, 9.17) is 0 Å². The first kappa shape index (κ1) is 20.8. The van der Waals surface area contributed by atoms with Crippen LogP contribution in [0, 0.1) is 5.92 Å². The van der Waals surface area contributed by atoms with Gasteiger partial charge in [0.05, 0.1) is 16.4 Å². The van der Waals surface area contributed by atoms with E-state index >= 15 is 0 Å². The van der Waals surface area contributed by atoms with E-state index in [1.54, 1.807) is 22.8 Å². The number of aromatic hydroxyl groups is 1. The molecular weight excluding hydrogens is 470 g/mol. The van der Waals surface area contributed by atoms with Crippen LogP contribution in [0.25, 0.3) is 16.9 Å². The monoisotopic (exact) mass is 493 g/mol. The topological polar surface area (TPSA) is 82.8 Å². The first-order valence-corrected chi connectivity index (χ1v) is 11.6. The fourth-order valence-electron chi connectivity index (χ4n) is 4.36. The van der Waals surface area contributed by atoms with Gasteiger partial charge in [0.25, 0.3) is 0 Å². The van der Waals surface area contributed by atoms with Crippen LogP contribution in [-0.4, -0.2) is 50.1 Å². The number of fused-ring (bicyclic) bond motifs is 1. The molecule has 3 aromatic rings. The predicted octanol–water partition coefficient (Wildman–Crippen LogP) is 4.40. The average molecular weight is 494 g/mol. The molecule has 8 heteroatoms. The van der Waals surface area contributed by atoms with Crippen molar-refractivity contribution < 1.29 is 9.90 Å². The van der Waals surface area contributed by atoms with Gasteiger partial charge in [0, 0.05) is 36.8 Å². The molecule has 164 valence electrons. The van der Waals surface area contributed by atoms with Crippen molar-refractivity contribution in [1.82, 2.24) is 19.5 Å². The lowest BCUT2D eigenvalue weighted by atomic mass is 9.97. The number of carbonyl (C=O) groups is 1. The number of allylic oxidation sites excluding steroid dienone is 3. The SMILES string of the molecule is O=C(C1=CC=CC1)N1CCCC(CNc2cc(-c3ccccc3O)nc3c(Br)cnn23)C1. The number of halogens is 1. The van der Waals surface area contributed by atoms with Crippen molar-refractivity contribution in [3.8, 4) is 17.0 Å². The van der Waals surface area contributed by atoms with Crippen LogP contribution in [0.15, 0.2) is 64.8 Å². The molecule has 1 fully saturated rings. The number of benzene rings is 1. The molecule has 1 amide bonds. The minimum absolute atomic E-state index is 0.156. The van der Waals surface area contributed by atoms with Gasteiger partial charge < -0.3 is 15.3 Å². The predicted molar refractivity (Wildman–Crippen MR) is 127 cm³/mol. The summed E-state index contributed by atoms with van der Waals surface area (Å²) in [6.07, 6.45) is 10.4. The number of phenols is 1. The van der Waals surface area contributed by atoms with Gasteiger partial charge in [0.1, 0.15) is 11.6 Å². The lowest BCUT2D eigenvalue weighted by Crippen LogP contribution is -2.42. The highest BCUT2D eigenvalue weighted by molar-refractivity contribution is 9.10. The Morgan fingerprint density at radius 2 is 2.19 bits per heavy atom. The fraction of sp³-hybridized carbons (Fsp3) is 0.292. The molecule has 0 spiro atoms. The molecule has 0 saturated carbocycles. The standard InChI is InChI=1S/C24H24BrN5O2/c25-19-14-27-30-22(12-20(28-23(19)30)18-9-3-4-10-21(18)31)26-13-16-6-5-11-29(15-16)24(32)17-7-1-2-8-17/h1-4,7,9-10,12,14,16,26,31H,5-6,8,11,13,15H2. The van der Waals surface area contributed by atoms with Crippen LogP contribution in [-0.2, 0) is 4.79 Å². The van der Waals surface area contributed by atoms with Gasteiger partial charge in [0.15, 0.2) is 5.65 Å². The van der Waals surface area contributed by atoms with Crippen LogP contribution in [0.2, 0.25) is 0 Å². The number of amides is 1. The number of carbonyl (C=O) groups excluding carboxylic acids is 1. The lowest BCUT2D eigenvalue weighted by Gasteiger charge is -2.33. The Kier molecular flexibility index (Phi) is 5.70. The van der Waals surface area contributed by atoms with Crippen LogP contribution < -0.4 is 5.32 Å². The number of phenolic OH excluding ortho intramolecular Hbond substituents is 1. The van der Waals surface area contributed by atoms with E-state index in [0.717, 1.165) is 54.8 Å². The highest BCUT2D eigenvalue weighted by Gasteiger charge is 2.26. The summed E-state index contributed by atoms with van der Waals surface area (Å²) in [4.78, 5) is 19.4. The number of aromatic nitrogens is 3. The first-order chi connectivity index (χ1) is 15.6. The van der Waals surface area contributed by atoms with Crippen LogP contribution >= 0.6 is 15.9 Å². The summed E-state index contributed by atoms with van der Waals surface area (Å²) in [5.41, 5.74) is 2.89. The van der Waals surface area contributed by atoms with Crippen LogP contribution in [0.5, 0.6) is 5.75 Å². The number of likely N-dealkylation sites (tertiary alicyclic amines) is 1. The maximum absolute atomic E-state index is 12.8. The average Bonchev–Trinajstić information content (AvgIpc) is 3.48. The summed E-state index contributed by atoms with van der Waals surface area (Å²) in [7, 11) is 0. The molecule has 1 aromatic carbocycles. The molecule has 0 bridgehead atoms. The van der Waals surface area contributed by atoms with Gasteiger partial charge in [-0.15, -0.1) is 0 Å². The number of anilines is 1. The molecule has 2 aliphatic rings. The molecule has 7 nitrogen and oxygen atoms in total. The maximum atomic E-state index is 12.8. The van der Waals surface area contributed by atoms with Crippen molar-refractivity contribution >= 4 is 33.3 Å². The normalized spacial score (nSPS) is 18.2. The largest absolute Gasteiger partial charge is 0.507 e. The van der Waals surface area contributed by atoms with E-state index in [1.807, 2.05) is 41.3 Å². The summed E-state index contributed by atoms with van der Waals surface area (Å²) in [6, 6.07) is 9.08. The third kappa shape index (κ3) is 4.02. The highest BCUT2D eigenvalue weighted by Crippen LogP contribution is 2.31. The molecule has 0 radical (unpaired) electrons. The van der Waals surface area contributed by atoms with Gasteiger partial charge in [-0.25, -0.2) is 4.98 Å². The van der Waals surface area contributed by atoms with Crippen molar-refractivity contribution in [3.05, 3.63) is 64.8 Å². The third-order valence-corrected chi connectivity index (χ3v) is 6.59. The second kappa shape index (κ2) is 8.78. The molecule has 1 unspecified atom stereocenters. The van der Waals surface area contributed by atoms with Crippen molar-refractivity contribution in [2.24, 2.45) is 5.92 Å². The van der Waals surface area contributed by atoms with E-state index in [-0.39, 0.29) is 11.7 Å². The molecule has 1 atom stereocenters. The number of para-hydroxylation sites is 1.